The van der Waals surface area contributed by atoms with Gasteiger partial charge in [0.1, 0.15) is 0 Å². The summed E-state index contributed by atoms with van der Waals surface area (Å²) in [6, 6.07) is 16.9. The monoisotopic (exact) mass is 463 g/mol. The summed E-state index contributed by atoms with van der Waals surface area (Å²) in [7, 11) is 0. The zero-order valence-electron chi connectivity index (χ0n) is 18.3. The normalized spacial score (nSPS) is 19.1. The molecule has 1 unspecified atom stereocenters. The number of imide groups is 1. The molecule has 7 nitrogen and oxygen atoms in total. The Labute approximate surface area is 196 Å². The van der Waals surface area contributed by atoms with Crippen LogP contribution in [0.15, 0.2) is 59.5 Å². The van der Waals surface area contributed by atoms with Gasteiger partial charge in [-0.15, -0.1) is 0 Å². The topological polar surface area (TPSA) is 86.8 Å². The molecule has 33 heavy (non-hydrogen) atoms. The number of carbonyl (C=O) groups excluding carboxylic acids is 4. The molecule has 4 amide bonds. The Balaban J connectivity index is 1.35. The molecule has 1 N–H and O–H groups in total. The smallest absolute Gasteiger partial charge is 0.293 e. The first-order valence-corrected chi connectivity index (χ1v) is 11.7. The van der Waals surface area contributed by atoms with E-state index in [9.17, 15) is 19.2 Å². The predicted molar refractivity (Wildman–Crippen MR) is 127 cm³/mol. The van der Waals surface area contributed by atoms with E-state index in [1.807, 2.05) is 54.6 Å². The summed E-state index contributed by atoms with van der Waals surface area (Å²) in [4.78, 5) is 53.0. The Kier molecular flexibility index (Phi) is 6.93. The van der Waals surface area contributed by atoms with E-state index in [2.05, 4.69) is 5.32 Å². The van der Waals surface area contributed by atoms with Crippen molar-refractivity contribution in [3.8, 4) is 0 Å². The van der Waals surface area contributed by atoms with Gasteiger partial charge in [-0.05, 0) is 40.9 Å². The van der Waals surface area contributed by atoms with Gasteiger partial charge in [-0.3, -0.25) is 24.1 Å². The van der Waals surface area contributed by atoms with Gasteiger partial charge in [0.05, 0.1) is 17.4 Å². The van der Waals surface area contributed by atoms with Crippen LogP contribution in [-0.2, 0) is 20.8 Å². The second-order valence-corrected chi connectivity index (χ2v) is 8.97. The van der Waals surface area contributed by atoms with Gasteiger partial charge in [0, 0.05) is 26.6 Å². The molecule has 2 heterocycles. The Hall–Kier alpha value is -3.39. The van der Waals surface area contributed by atoms with E-state index < -0.39 is 0 Å². The van der Waals surface area contributed by atoms with Crippen LogP contribution in [0.5, 0.6) is 0 Å². The number of fused-ring (bicyclic) bond motifs is 1. The molecule has 0 aliphatic carbocycles. The highest BCUT2D eigenvalue weighted by Gasteiger charge is 2.35. The minimum absolute atomic E-state index is 0.0645. The number of nitrogens with one attached hydrogen (secondary N) is 1. The van der Waals surface area contributed by atoms with E-state index in [-0.39, 0.29) is 48.5 Å². The lowest BCUT2D eigenvalue weighted by molar-refractivity contribution is -0.133. The summed E-state index contributed by atoms with van der Waals surface area (Å²) in [6.45, 7) is 2.35. The molecule has 4 rings (SSSR count). The second kappa shape index (κ2) is 10.0. The highest BCUT2D eigenvalue weighted by molar-refractivity contribution is 8.18. The number of hydrogen-bond acceptors (Lipinski definition) is 5. The molecule has 2 aromatic rings. The van der Waals surface area contributed by atoms with Gasteiger partial charge in [-0.2, -0.15) is 0 Å². The molecule has 2 aliphatic rings. The molecule has 0 bridgehead atoms. The number of hydrogen-bond donors (Lipinski definition) is 1. The quantitative estimate of drug-likeness (QED) is 0.664. The van der Waals surface area contributed by atoms with Gasteiger partial charge in [-0.25, -0.2) is 0 Å². The van der Waals surface area contributed by atoms with Gasteiger partial charge < -0.3 is 10.2 Å². The third-order valence-electron chi connectivity index (χ3n) is 5.82. The molecular weight excluding hydrogens is 438 g/mol. The van der Waals surface area contributed by atoms with Gasteiger partial charge in [0.2, 0.25) is 11.8 Å². The van der Waals surface area contributed by atoms with Crippen LogP contribution in [0.4, 0.5) is 4.79 Å². The lowest BCUT2D eigenvalue weighted by Crippen LogP contribution is -2.42. The van der Waals surface area contributed by atoms with Crippen molar-refractivity contribution in [3.63, 3.8) is 0 Å². The standard InChI is InChI=1S/C25H25N3O4S/c1-17(29)27-13-11-19-9-5-6-10-20(19)21(27)16-23(30)26-12-14-28-24(31)22(33-25(28)32)15-18-7-3-2-4-8-18/h2-10,15,21H,11-14,16H2,1H3,(H,26,30)/b22-15+. The molecule has 2 aromatic carbocycles. The van der Waals surface area contributed by atoms with E-state index in [0.29, 0.717) is 11.4 Å². The van der Waals surface area contributed by atoms with Crippen LogP contribution >= 0.6 is 11.8 Å². The van der Waals surface area contributed by atoms with Crippen molar-refractivity contribution in [1.29, 1.82) is 0 Å². The Morgan fingerprint density at radius 1 is 1.09 bits per heavy atom. The predicted octanol–water partition coefficient (Wildman–Crippen LogP) is 3.38. The zero-order chi connectivity index (χ0) is 23.4. The summed E-state index contributed by atoms with van der Waals surface area (Å²) in [5, 5.41) is 2.45. The van der Waals surface area contributed by atoms with Crippen molar-refractivity contribution in [2.24, 2.45) is 0 Å². The lowest BCUT2D eigenvalue weighted by atomic mass is 9.90. The average Bonchev–Trinajstić information content (AvgIpc) is 3.07. The first-order valence-electron chi connectivity index (χ1n) is 10.9. The number of nitrogens with zero attached hydrogens (tertiary/aromatic N) is 2. The Bertz CT molecular complexity index is 1120. The van der Waals surface area contributed by atoms with Crippen molar-refractivity contribution in [3.05, 3.63) is 76.2 Å². The number of benzene rings is 2. The molecule has 0 radical (unpaired) electrons. The molecule has 1 fully saturated rings. The van der Waals surface area contributed by atoms with Gasteiger partial charge >= 0.3 is 0 Å². The number of amides is 4. The summed E-state index contributed by atoms with van der Waals surface area (Å²) in [5.74, 6) is -0.646. The molecule has 0 spiro atoms. The van der Waals surface area contributed by atoms with E-state index >= 15 is 0 Å². The van der Waals surface area contributed by atoms with Crippen LogP contribution in [0.1, 0.15) is 36.1 Å². The molecule has 1 atom stereocenters. The molecule has 0 saturated carbocycles. The minimum Gasteiger partial charge on any atom is -0.354 e. The maximum absolute atomic E-state index is 12.7. The maximum Gasteiger partial charge on any atom is 0.293 e. The van der Waals surface area contributed by atoms with Crippen LogP contribution in [0, 0.1) is 0 Å². The third-order valence-corrected chi connectivity index (χ3v) is 6.73. The van der Waals surface area contributed by atoms with Crippen molar-refractivity contribution in [1.82, 2.24) is 15.1 Å². The first kappa shape index (κ1) is 22.8. The van der Waals surface area contributed by atoms with E-state index in [1.54, 1.807) is 11.0 Å². The molecule has 1 saturated heterocycles. The van der Waals surface area contributed by atoms with E-state index in [4.69, 9.17) is 0 Å². The number of carbonyl (C=O) groups is 4. The van der Waals surface area contributed by atoms with E-state index in [1.165, 1.54) is 6.92 Å². The summed E-state index contributed by atoms with van der Waals surface area (Å²) in [5.41, 5.74) is 2.99. The average molecular weight is 464 g/mol. The highest BCUT2D eigenvalue weighted by Crippen LogP contribution is 2.33. The van der Waals surface area contributed by atoms with Crippen molar-refractivity contribution in [2.75, 3.05) is 19.6 Å². The largest absolute Gasteiger partial charge is 0.354 e. The molecule has 170 valence electrons. The lowest BCUT2D eigenvalue weighted by Gasteiger charge is -2.36. The fraction of sp³-hybridized carbons (Fsp3) is 0.280. The van der Waals surface area contributed by atoms with Crippen molar-refractivity contribution in [2.45, 2.75) is 25.8 Å². The van der Waals surface area contributed by atoms with Crippen LogP contribution in [-0.4, -0.2) is 52.4 Å². The number of rotatable bonds is 6. The zero-order valence-corrected chi connectivity index (χ0v) is 19.1. The molecule has 8 heteroatoms. The van der Waals surface area contributed by atoms with Gasteiger partial charge in [0.25, 0.3) is 11.1 Å². The van der Waals surface area contributed by atoms with Crippen LogP contribution in [0.25, 0.3) is 6.08 Å². The Morgan fingerprint density at radius 3 is 2.58 bits per heavy atom. The SMILES string of the molecule is CC(=O)N1CCc2ccccc2C1CC(=O)NCCN1C(=O)S/C(=C/c2ccccc2)C1=O. The molecule has 0 aromatic heterocycles. The number of thioether (sulfide) groups is 1. The van der Waals surface area contributed by atoms with Crippen molar-refractivity contribution < 1.29 is 19.2 Å². The van der Waals surface area contributed by atoms with Crippen LogP contribution in [0.2, 0.25) is 0 Å². The first-order chi connectivity index (χ1) is 15.9. The highest BCUT2D eigenvalue weighted by atomic mass is 32.2. The van der Waals surface area contributed by atoms with Gasteiger partial charge in [0.15, 0.2) is 0 Å². The molecular formula is C25H25N3O4S. The van der Waals surface area contributed by atoms with E-state index in [0.717, 1.165) is 39.8 Å². The van der Waals surface area contributed by atoms with Crippen LogP contribution in [0.3, 0.4) is 0 Å². The maximum atomic E-state index is 12.7. The summed E-state index contributed by atoms with van der Waals surface area (Å²) >= 11 is 0.901. The van der Waals surface area contributed by atoms with Crippen LogP contribution < -0.4 is 5.32 Å². The van der Waals surface area contributed by atoms with Gasteiger partial charge in [-0.1, -0.05) is 54.6 Å². The fourth-order valence-electron chi connectivity index (χ4n) is 4.20. The third kappa shape index (κ3) is 5.17. The summed E-state index contributed by atoms with van der Waals surface area (Å²) < 4.78 is 0. The Morgan fingerprint density at radius 2 is 1.82 bits per heavy atom. The second-order valence-electron chi connectivity index (χ2n) is 7.98. The minimum atomic E-state index is -0.355. The van der Waals surface area contributed by atoms with Crippen molar-refractivity contribution >= 4 is 40.8 Å². The fourth-order valence-corrected chi connectivity index (χ4v) is 5.06. The molecule has 2 aliphatic heterocycles. The summed E-state index contributed by atoms with van der Waals surface area (Å²) in [6.07, 6.45) is 2.59.